The molecule has 2 aromatic rings. The van der Waals surface area contributed by atoms with E-state index < -0.39 is 0 Å². The predicted molar refractivity (Wildman–Crippen MR) is 93.3 cm³/mol. The van der Waals surface area contributed by atoms with Crippen LogP contribution >= 0.6 is 0 Å². The Morgan fingerprint density at radius 3 is 2.80 bits per heavy atom. The van der Waals surface area contributed by atoms with E-state index in [1.165, 1.54) is 0 Å². The zero-order valence-electron chi connectivity index (χ0n) is 14.1. The van der Waals surface area contributed by atoms with Crippen molar-refractivity contribution in [3.05, 3.63) is 47.7 Å². The minimum atomic E-state index is -0.0390. The molecule has 0 saturated carbocycles. The molecule has 1 aromatic heterocycles. The first kappa shape index (κ1) is 15.4. The molecule has 0 saturated heterocycles. The van der Waals surface area contributed by atoms with Crippen LogP contribution in [0.1, 0.15) is 15.9 Å². The second kappa shape index (κ2) is 6.08. The first-order chi connectivity index (χ1) is 12.2. The van der Waals surface area contributed by atoms with Gasteiger partial charge in [0, 0.05) is 12.7 Å². The van der Waals surface area contributed by atoms with Crippen LogP contribution in [0.15, 0.2) is 41.5 Å². The van der Waals surface area contributed by atoms with Gasteiger partial charge in [0.15, 0.2) is 11.5 Å². The number of hydrogen-bond acceptors (Lipinski definition) is 6. The summed E-state index contributed by atoms with van der Waals surface area (Å²) in [5, 5.41) is 0. The van der Waals surface area contributed by atoms with Gasteiger partial charge in [0.05, 0.1) is 32.9 Å². The fourth-order valence-corrected chi connectivity index (χ4v) is 3.19. The van der Waals surface area contributed by atoms with Crippen molar-refractivity contribution in [1.29, 1.82) is 0 Å². The lowest BCUT2D eigenvalue weighted by Gasteiger charge is -2.35. The van der Waals surface area contributed by atoms with E-state index in [9.17, 15) is 4.79 Å². The summed E-state index contributed by atoms with van der Waals surface area (Å²) in [5.41, 5.74) is 1.61. The van der Waals surface area contributed by atoms with E-state index in [1.54, 1.807) is 37.4 Å². The number of aromatic nitrogens is 1. The molecule has 3 heterocycles. The molecule has 7 nitrogen and oxygen atoms in total. The number of nitrogens with zero attached hydrogens (tertiary/aromatic N) is 4. The van der Waals surface area contributed by atoms with Crippen LogP contribution in [0.3, 0.4) is 0 Å². The maximum atomic E-state index is 12.6. The molecule has 0 bridgehead atoms. The Balaban J connectivity index is 1.74. The molecule has 4 rings (SSSR count). The molecule has 1 amide bonds. The smallest absolute Gasteiger partial charge is 0.264 e. The second-order valence-corrected chi connectivity index (χ2v) is 5.79. The largest absolute Gasteiger partial charge is 0.493 e. The lowest BCUT2D eigenvalue weighted by Crippen LogP contribution is -2.50. The van der Waals surface area contributed by atoms with Gasteiger partial charge in [-0.25, -0.2) is 4.98 Å². The van der Waals surface area contributed by atoms with Crippen LogP contribution in [0.4, 0.5) is 5.82 Å². The molecule has 0 aliphatic carbocycles. The molecule has 0 fully saturated rings. The minimum Gasteiger partial charge on any atom is -0.493 e. The summed E-state index contributed by atoms with van der Waals surface area (Å²) in [6, 6.07) is 9.36. The molecule has 0 unspecified atom stereocenters. The molecule has 0 N–H and O–H groups in total. The number of ether oxygens (including phenoxy) is 2. The molecular formula is C18H18N4O3. The van der Waals surface area contributed by atoms with E-state index in [1.807, 2.05) is 23.1 Å². The van der Waals surface area contributed by atoms with Crippen molar-refractivity contribution in [3.8, 4) is 11.5 Å². The number of methoxy groups -OCH3 is 2. The van der Waals surface area contributed by atoms with E-state index in [-0.39, 0.29) is 5.91 Å². The van der Waals surface area contributed by atoms with Gasteiger partial charge in [-0.1, -0.05) is 6.07 Å². The summed E-state index contributed by atoms with van der Waals surface area (Å²) in [6.45, 7) is 1.75. The highest BCUT2D eigenvalue weighted by atomic mass is 16.5. The number of hydrogen-bond donors (Lipinski definition) is 0. The first-order valence-electron chi connectivity index (χ1n) is 8.02. The zero-order chi connectivity index (χ0) is 17.4. The Labute approximate surface area is 145 Å². The van der Waals surface area contributed by atoms with Crippen molar-refractivity contribution in [2.24, 2.45) is 4.99 Å². The van der Waals surface area contributed by atoms with Crippen LogP contribution in [-0.4, -0.2) is 49.1 Å². The van der Waals surface area contributed by atoms with Crippen molar-refractivity contribution >= 4 is 17.7 Å². The highest BCUT2D eigenvalue weighted by molar-refractivity contribution is 6.18. The van der Waals surface area contributed by atoms with Gasteiger partial charge in [0.1, 0.15) is 5.82 Å². The SMILES string of the molecule is COc1ccc(CN2C3=NCCN3C(=O)c3cccnc32)cc1OC. The second-order valence-electron chi connectivity index (χ2n) is 5.79. The van der Waals surface area contributed by atoms with Crippen LogP contribution in [0.25, 0.3) is 0 Å². The molecule has 128 valence electrons. The Hall–Kier alpha value is -3.09. The van der Waals surface area contributed by atoms with E-state index in [0.29, 0.717) is 48.5 Å². The Morgan fingerprint density at radius 1 is 1.16 bits per heavy atom. The Kier molecular flexibility index (Phi) is 3.76. The summed E-state index contributed by atoms with van der Waals surface area (Å²) in [6.07, 6.45) is 1.69. The minimum absolute atomic E-state index is 0.0390. The Bertz CT molecular complexity index is 865. The van der Waals surface area contributed by atoms with Crippen LogP contribution in [0, 0.1) is 0 Å². The topological polar surface area (TPSA) is 67.3 Å². The number of pyridine rings is 1. The molecule has 2 aliphatic heterocycles. The molecule has 25 heavy (non-hydrogen) atoms. The van der Waals surface area contributed by atoms with Gasteiger partial charge >= 0.3 is 0 Å². The molecular weight excluding hydrogens is 320 g/mol. The van der Waals surface area contributed by atoms with Gasteiger partial charge in [0.25, 0.3) is 5.91 Å². The summed E-state index contributed by atoms with van der Waals surface area (Å²) in [4.78, 5) is 25.3. The summed E-state index contributed by atoms with van der Waals surface area (Å²) in [7, 11) is 3.22. The predicted octanol–water partition coefficient (Wildman–Crippen LogP) is 1.93. The van der Waals surface area contributed by atoms with Gasteiger partial charge in [-0.15, -0.1) is 0 Å². The Morgan fingerprint density at radius 2 is 2.00 bits per heavy atom. The van der Waals surface area contributed by atoms with Gasteiger partial charge in [-0.3, -0.25) is 19.6 Å². The highest BCUT2D eigenvalue weighted by Gasteiger charge is 2.38. The molecule has 2 aliphatic rings. The van der Waals surface area contributed by atoms with E-state index >= 15 is 0 Å². The molecule has 0 radical (unpaired) electrons. The monoisotopic (exact) mass is 338 g/mol. The fraction of sp³-hybridized carbons (Fsp3) is 0.278. The molecule has 0 spiro atoms. The summed E-state index contributed by atoms with van der Waals surface area (Å²) >= 11 is 0. The number of carbonyl (C=O) groups is 1. The number of aliphatic imine (C=N–C) groups is 1. The number of amides is 1. The van der Waals surface area contributed by atoms with Gasteiger partial charge in [0.2, 0.25) is 5.96 Å². The maximum Gasteiger partial charge on any atom is 0.264 e. The van der Waals surface area contributed by atoms with Gasteiger partial charge < -0.3 is 9.47 Å². The van der Waals surface area contributed by atoms with Gasteiger partial charge in [-0.05, 0) is 29.8 Å². The quantitative estimate of drug-likeness (QED) is 0.852. The highest BCUT2D eigenvalue weighted by Crippen LogP contribution is 2.32. The van der Waals surface area contributed by atoms with Crippen molar-refractivity contribution in [3.63, 3.8) is 0 Å². The van der Waals surface area contributed by atoms with Crippen molar-refractivity contribution in [2.45, 2.75) is 6.54 Å². The van der Waals surface area contributed by atoms with Gasteiger partial charge in [-0.2, -0.15) is 0 Å². The summed E-state index contributed by atoms with van der Waals surface area (Å²) in [5.74, 6) is 2.60. The number of rotatable bonds is 4. The number of fused-ring (bicyclic) bond motifs is 2. The standard InChI is InChI=1S/C18H18N4O3/c1-24-14-6-5-12(10-15(14)25-2)11-22-16-13(4-3-7-19-16)17(23)21-9-8-20-18(21)22/h3-7,10H,8-9,11H2,1-2H3. The summed E-state index contributed by atoms with van der Waals surface area (Å²) < 4.78 is 10.7. The normalized spacial score (nSPS) is 15.6. The third-order valence-electron chi connectivity index (χ3n) is 4.37. The van der Waals surface area contributed by atoms with E-state index in [4.69, 9.17) is 9.47 Å². The first-order valence-corrected chi connectivity index (χ1v) is 8.02. The third-order valence-corrected chi connectivity index (χ3v) is 4.37. The molecule has 1 aromatic carbocycles. The fourth-order valence-electron chi connectivity index (χ4n) is 3.19. The van der Waals surface area contributed by atoms with E-state index in [0.717, 1.165) is 5.56 Å². The average molecular weight is 338 g/mol. The maximum absolute atomic E-state index is 12.6. The molecule has 7 heteroatoms. The number of carbonyl (C=O) groups excluding carboxylic acids is 1. The van der Waals surface area contributed by atoms with Crippen LogP contribution in [0.5, 0.6) is 11.5 Å². The number of benzene rings is 1. The molecule has 0 atom stereocenters. The van der Waals surface area contributed by atoms with Crippen LogP contribution in [0.2, 0.25) is 0 Å². The average Bonchev–Trinajstić information content (AvgIpc) is 3.15. The van der Waals surface area contributed by atoms with Crippen LogP contribution < -0.4 is 14.4 Å². The zero-order valence-corrected chi connectivity index (χ0v) is 14.1. The van der Waals surface area contributed by atoms with Crippen molar-refractivity contribution in [2.75, 3.05) is 32.2 Å². The lowest BCUT2D eigenvalue weighted by molar-refractivity contribution is 0.0851. The van der Waals surface area contributed by atoms with Crippen LogP contribution in [-0.2, 0) is 6.54 Å². The van der Waals surface area contributed by atoms with E-state index in [2.05, 4.69) is 9.98 Å². The third kappa shape index (κ3) is 2.48. The van der Waals surface area contributed by atoms with Crippen molar-refractivity contribution in [1.82, 2.24) is 9.88 Å². The number of guanidine groups is 1. The number of anilines is 1. The lowest BCUT2D eigenvalue weighted by atomic mass is 10.1. The van der Waals surface area contributed by atoms with Crippen molar-refractivity contribution < 1.29 is 14.3 Å².